The smallest absolute Gasteiger partial charge is 0.0541 e. The first-order chi connectivity index (χ1) is 30.7. The molecule has 0 saturated heterocycles. The maximum atomic E-state index is 3.55. The summed E-state index contributed by atoms with van der Waals surface area (Å²) in [6, 6.07) is 73.4. The van der Waals surface area contributed by atoms with Crippen LogP contribution in [0.25, 0.3) is 88.4 Å². The lowest BCUT2D eigenvalue weighted by Crippen LogP contribution is -2.14. The molecular formula is C60H45BrN2. The number of nitrogens with zero attached hydrogens (tertiary/aromatic N) is 2. The maximum absolute atomic E-state index is 3.55. The van der Waals surface area contributed by atoms with Gasteiger partial charge in [0.15, 0.2) is 0 Å². The summed E-state index contributed by atoms with van der Waals surface area (Å²) in [7, 11) is 0. The average Bonchev–Trinajstić information content (AvgIpc) is 3.97. The Hall–Kier alpha value is -6.94. The molecule has 13 rings (SSSR count). The molecular weight excluding hydrogens is 829 g/mol. The molecule has 0 saturated carbocycles. The van der Waals surface area contributed by atoms with E-state index >= 15 is 0 Å². The molecule has 0 bridgehead atoms. The first-order valence-corrected chi connectivity index (χ1v) is 22.7. The molecule has 2 aromatic heterocycles. The molecule has 0 unspecified atom stereocenters. The van der Waals surface area contributed by atoms with E-state index in [0.717, 1.165) is 4.47 Å². The number of para-hydroxylation sites is 3. The van der Waals surface area contributed by atoms with Crippen molar-refractivity contribution < 1.29 is 0 Å². The monoisotopic (exact) mass is 872 g/mol. The Balaban J connectivity index is 0.000000221. The summed E-state index contributed by atoms with van der Waals surface area (Å²) in [4.78, 5) is 0. The van der Waals surface area contributed by atoms with Gasteiger partial charge in [-0.3, -0.25) is 0 Å². The standard InChI is InChI=1S/C45H32N2.C15H13Br/c1-45(2)39-17-9-6-14-33(39)36-28-32(22-23-40(36)45)47-42-19-11-8-16-35(42)38-27-30(21-25-44(38)47)29-20-24-43-37(26-29)34-15-7-10-18-41(34)46(43)31-12-4-3-5-13-31;1-15(2)13-6-4-3-5-11(13)12-9-10(16)7-8-14(12)15/h3-28H,1-2H3;3-9H,1-2H3. The molecule has 0 fully saturated rings. The number of fused-ring (bicyclic) bond motifs is 12. The van der Waals surface area contributed by atoms with Crippen molar-refractivity contribution in [3.8, 4) is 44.8 Å². The molecule has 2 heterocycles. The van der Waals surface area contributed by atoms with Crippen LogP contribution in [0.3, 0.4) is 0 Å². The summed E-state index contributed by atoms with van der Waals surface area (Å²) in [5.41, 5.74) is 21.0. The van der Waals surface area contributed by atoms with Crippen molar-refractivity contribution in [1.82, 2.24) is 9.13 Å². The summed E-state index contributed by atoms with van der Waals surface area (Å²) in [6.45, 7) is 9.28. The summed E-state index contributed by atoms with van der Waals surface area (Å²) in [6.07, 6.45) is 0. The molecule has 3 heteroatoms. The zero-order valence-corrected chi connectivity index (χ0v) is 37.4. The van der Waals surface area contributed by atoms with Gasteiger partial charge in [-0.15, -0.1) is 0 Å². The zero-order chi connectivity index (χ0) is 42.6. The molecule has 0 amide bonds. The maximum Gasteiger partial charge on any atom is 0.0541 e. The summed E-state index contributed by atoms with van der Waals surface area (Å²) < 4.78 is 5.97. The predicted octanol–water partition coefficient (Wildman–Crippen LogP) is 16.6. The third-order valence-electron chi connectivity index (χ3n) is 14.1. The molecule has 302 valence electrons. The zero-order valence-electron chi connectivity index (χ0n) is 35.8. The minimum Gasteiger partial charge on any atom is -0.309 e. The first kappa shape index (κ1) is 37.8. The number of hydrogen-bond donors (Lipinski definition) is 0. The van der Waals surface area contributed by atoms with Gasteiger partial charge in [-0.25, -0.2) is 0 Å². The van der Waals surface area contributed by atoms with E-state index in [1.54, 1.807) is 0 Å². The van der Waals surface area contributed by atoms with Gasteiger partial charge in [0.2, 0.25) is 0 Å². The van der Waals surface area contributed by atoms with Gasteiger partial charge < -0.3 is 9.13 Å². The van der Waals surface area contributed by atoms with Gasteiger partial charge in [0.1, 0.15) is 0 Å². The highest BCUT2D eigenvalue weighted by molar-refractivity contribution is 9.10. The average molecular weight is 874 g/mol. The molecule has 0 atom stereocenters. The number of benzene rings is 9. The van der Waals surface area contributed by atoms with Crippen molar-refractivity contribution in [2.45, 2.75) is 38.5 Å². The highest BCUT2D eigenvalue weighted by atomic mass is 79.9. The fourth-order valence-electron chi connectivity index (χ4n) is 11.0. The molecule has 0 spiro atoms. The summed E-state index contributed by atoms with van der Waals surface area (Å²) in [5.74, 6) is 0. The van der Waals surface area contributed by atoms with Gasteiger partial charge >= 0.3 is 0 Å². The van der Waals surface area contributed by atoms with Gasteiger partial charge in [0, 0.05) is 48.2 Å². The first-order valence-electron chi connectivity index (χ1n) is 22.0. The lowest BCUT2D eigenvalue weighted by atomic mass is 9.82. The lowest BCUT2D eigenvalue weighted by Gasteiger charge is -2.21. The van der Waals surface area contributed by atoms with Gasteiger partial charge in [-0.1, -0.05) is 171 Å². The van der Waals surface area contributed by atoms with Crippen LogP contribution < -0.4 is 0 Å². The molecule has 2 aliphatic rings. The Labute approximate surface area is 376 Å². The molecule has 2 aliphatic carbocycles. The fraction of sp³-hybridized carbons (Fsp3) is 0.100. The quantitative estimate of drug-likeness (QED) is 0.167. The fourth-order valence-corrected chi connectivity index (χ4v) is 11.3. The van der Waals surface area contributed by atoms with Crippen LogP contribution in [0.15, 0.2) is 205 Å². The molecule has 0 aliphatic heterocycles. The SMILES string of the molecule is CC1(C)c2ccccc2-c2cc(-n3c4ccccc4c4cc(-c5ccc6c(c5)c5ccccc5n6-c5ccccc5)ccc43)ccc21.CC1(C)c2ccccc2-c2cc(Br)ccc21. The van der Waals surface area contributed by atoms with Crippen LogP contribution in [0.2, 0.25) is 0 Å². The lowest BCUT2D eigenvalue weighted by molar-refractivity contribution is 0.660. The topological polar surface area (TPSA) is 9.86 Å². The van der Waals surface area contributed by atoms with Crippen LogP contribution in [0.1, 0.15) is 49.9 Å². The van der Waals surface area contributed by atoms with E-state index in [9.17, 15) is 0 Å². The van der Waals surface area contributed by atoms with Crippen molar-refractivity contribution in [3.63, 3.8) is 0 Å². The highest BCUT2D eigenvalue weighted by Crippen LogP contribution is 2.51. The van der Waals surface area contributed by atoms with E-state index < -0.39 is 0 Å². The number of rotatable bonds is 3. The Morgan fingerprint density at radius 3 is 1.32 bits per heavy atom. The third kappa shape index (κ3) is 5.69. The van der Waals surface area contributed by atoms with Gasteiger partial charge in [0.25, 0.3) is 0 Å². The second kappa shape index (κ2) is 14.0. The Morgan fingerprint density at radius 2 is 0.746 bits per heavy atom. The summed E-state index contributed by atoms with van der Waals surface area (Å²) >= 11 is 3.55. The Kier molecular flexibility index (Phi) is 8.42. The highest BCUT2D eigenvalue weighted by Gasteiger charge is 2.36. The Morgan fingerprint density at radius 1 is 0.317 bits per heavy atom. The van der Waals surface area contributed by atoms with Crippen molar-refractivity contribution in [1.29, 1.82) is 0 Å². The minimum absolute atomic E-state index is 0.00527. The van der Waals surface area contributed by atoms with Gasteiger partial charge in [-0.05, 0) is 128 Å². The van der Waals surface area contributed by atoms with Gasteiger partial charge in [0.05, 0.1) is 22.1 Å². The number of hydrogen-bond acceptors (Lipinski definition) is 0. The van der Waals surface area contributed by atoms with E-state index in [0.29, 0.717) is 0 Å². The van der Waals surface area contributed by atoms with Crippen LogP contribution in [0.5, 0.6) is 0 Å². The number of aromatic nitrogens is 2. The normalized spacial score (nSPS) is 14.0. The van der Waals surface area contributed by atoms with Crippen molar-refractivity contribution >= 4 is 59.5 Å². The second-order valence-corrected chi connectivity index (χ2v) is 19.2. The molecule has 0 radical (unpaired) electrons. The van der Waals surface area contributed by atoms with Crippen LogP contribution in [-0.2, 0) is 10.8 Å². The number of halogens is 1. The van der Waals surface area contributed by atoms with E-state index in [-0.39, 0.29) is 10.8 Å². The molecule has 9 aromatic carbocycles. The molecule has 63 heavy (non-hydrogen) atoms. The molecule has 0 N–H and O–H groups in total. The third-order valence-corrected chi connectivity index (χ3v) is 14.6. The summed E-state index contributed by atoms with van der Waals surface area (Å²) in [5, 5.41) is 5.08. The van der Waals surface area contributed by atoms with Gasteiger partial charge in [-0.2, -0.15) is 0 Å². The van der Waals surface area contributed by atoms with E-state index in [1.165, 1.54) is 111 Å². The van der Waals surface area contributed by atoms with Crippen molar-refractivity contribution in [2.24, 2.45) is 0 Å². The molecule has 11 aromatic rings. The van der Waals surface area contributed by atoms with E-state index in [2.05, 4.69) is 253 Å². The van der Waals surface area contributed by atoms with E-state index in [1.807, 2.05) is 0 Å². The Bertz CT molecular complexity index is 3640. The predicted molar refractivity (Wildman–Crippen MR) is 270 cm³/mol. The van der Waals surface area contributed by atoms with Crippen LogP contribution >= 0.6 is 15.9 Å². The minimum atomic E-state index is -0.00527. The van der Waals surface area contributed by atoms with Crippen LogP contribution in [-0.4, -0.2) is 9.13 Å². The van der Waals surface area contributed by atoms with Crippen molar-refractivity contribution in [2.75, 3.05) is 0 Å². The van der Waals surface area contributed by atoms with Crippen molar-refractivity contribution in [3.05, 3.63) is 227 Å². The molecule has 2 nitrogen and oxygen atoms in total. The van der Waals surface area contributed by atoms with Crippen LogP contribution in [0, 0.1) is 0 Å². The van der Waals surface area contributed by atoms with E-state index in [4.69, 9.17) is 0 Å². The largest absolute Gasteiger partial charge is 0.309 e. The second-order valence-electron chi connectivity index (χ2n) is 18.3. The van der Waals surface area contributed by atoms with Crippen LogP contribution in [0.4, 0.5) is 0 Å².